The van der Waals surface area contributed by atoms with Crippen LogP contribution in [0.2, 0.25) is 0 Å². The van der Waals surface area contributed by atoms with Crippen molar-refractivity contribution in [2.75, 3.05) is 6.54 Å². The second kappa shape index (κ2) is 6.99. The van der Waals surface area contributed by atoms with Crippen LogP contribution < -0.4 is 5.32 Å². The zero-order chi connectivity index (χ0) is 13.7. The Morgan fingerprint density at radius 3 is 2.74 bits per heavy atom. The smallest absolute Gasteiger partial charge is 0.126 e. The van der Waals surface area contributed by atoms with Crippen molar-refractivity contribution in [3.63, 3.8) is 0 Å². The molecule has 1 unspecified atom stereocenters. The number of rotatable bonds is 7. The van der Waals surface area contributed by atoms with Crippen molar-refractivity contribution in [1.29, 1.82) is 0 Å². The van der Waals surface area contributed by atoms with Crippen molar-refractivity contribution in [3.05, 3.63) is 35.4 Å². The van der Waals surface area contributed by atoms with E-state index in [0.29, 0.717) is 12.0 Å². The highest BCUT2D eigenvalue weighted by Crippen LogP contribution is 2.31. The Kier molecular flexibility index (Phi) is 5.32. The summed E-state index contributed by atoms with van der Waals surface area (Å²) in [6.45, 7) is 3.06. The number of hydrogen-bond acceptors (Lipinski definition) is 1. The van der Waals surface area contributed by atoms with Gasteiger partial charge in [0.1, 0.15) is 11.6 Å². The maximum atomic E-state index is 13.7. The first kappa shape index (κ1) is 14.4. The molecule has 1 aliphatic rings. The fourth-order valence-corrected chi connectivity index (χ4v) is 2.68. The normalized spacial score (nSPS) is 17.2. The molecule has 1 N–H and O–H groups in total. The molecular formula is C16H23F2N. The summed E-state index contributed by atoms with van der Waals surface area (Å²) in [7, 11) is 0. The monoisotopic (exact) mass is 267 g/mol. The van der Waals surface area contributed by atoms with E-state index in [0.717, 1.165) is 25.3 Å². The zero-order valence-electron chi connectivity index (χ0n) is 11.6. The van der Waals surface area contributed by atoms with Crippen LogP contribution >= 0.6 is 0 Å². The molecule has 0 bridgehead atoms. The molecule has 2 rings (SSSR count). The number of halogens is 2. The van der Waals surface area contributed by atoms with Crippen molar-refractivity contribution in [1.82, 2.24) is 5.32 Å². The lowest BCUT2D eigenvalue weighted by molar-refractivity contribution is 0.258. The summed E-state index contributed by atoms with van der Waals surface area (Å²) in [6.07, 6.45) is 6.62. The molecule has 0 aliphatic heterocycles. The van der Waals surface area contributed by atoms with Gasteiger partial charge in [-0.3, -0.25) is 0 Å². The van der Waals surface area contributed by atoms with Crippen LogP contribution in [0.25, 0.3) is 0 Å². The molecular weight excluding hydrogens is 244 g/mol. The highest BCUT2D eigenvalue weighted by molar-refractivity contribution is 5.19. The summed E-state index contributed by atoms with van der Waals surface area (Å²) in [5.74, 6) is 0.124. The second-order valence-corrected chi connectivity index (χ2v) is 5.62. The molecule has 1 aromatic rings. The van der Waals surface area contributed by atoms with Crippen LogP contribution in [0, 0.1) is 17.6 Å². The predicted octanol–water partition coefficient (Wildman–Crippen LogP) is 4.07. The van der Waals surface area contributed by atoms with Crippen LogP contribution in [-0.4, -0.2) is 12.6 Å². The second-order valence-electron chi connectivity index (χ2n) is 5.62. The lowest BCUT2D eigenvalue weighted by Crippen LogP contribution is -2.35. The Labute approximate surface area is 114 Å². The van der Waals surface area contributed by atoms with E-state index in [1.807, 2.05) is 0 Å². The van der Waals surface area contributed by atoms with Gasteiger partial charge in [0, 0.05) is 6.04 Å². The van der Waals surface area contributed by atoms with Gasteiger partial charge < -0.3 is 5.32 Å². The molecule has 1 aromatic carbocycles. The Hall–Kier alpha value is -0.960. The number of benzene rings is 1. The van der Waals surface area contributed by atoms with Gasteiger partial charge in [0.2, 0.25) is 0 Å². The van der Waals surface area contributed by atoms with Crippen LogP contribution in [0.5, 0.6) is 0 Å². The van der Waals surface area contributed by atoms with Gasteiger partial charge in [0.15, 0.2) is 0 Å². The Bertz CT molecular complexity index is 402. The van der Waals surface area contributed by atoms with Crippen LogP contribution in [-0.2, 0) is 6.42 Å². The molecule has 1 aliphatic carbocycles. The molecule has 0 amide bonds. The van der Waals surface area contributed by atoms with E-state index in [9.17, 15) is 8.78 Å². The molecule has 3 heteroatoms. The zero-order valence-corrected chi connectivity index (χ0v) is 11.6. The van der Waals surface area contributed by atoms with Crippen LogP contribution in [0.15, 0.2) is 18.2 Å². The quantitative estimate of drug-likeness (QED) is 0.785. The molecule has 0 spiro atoms. The molecule has 1 saturated carbocycles. The molecule has 0 saturated heterocycles. The Morgan fingerprint density at radius 1 is 1.32 bits per heavy atom. The largest absolute Gasteiger partial charge is 0.314 e. The van der Waals surface area contributed by atoms with Crippen molar-refractivity contribution in [2.24, 2.45) is 5.92 Å². The number of hydrogen-bond donors (Lipinski definition) is 1. The van der Waals surface area contributed by atoms with Crippen LogP contribution in [0.1, 0.15) is 44.6 Å². The van der Waals surface area contributed by atoms with Gasteiger partial charge in [-0.2, -0.15) is 0 Å². The fraction of sp³-hybridized carbons (Fsp3) is 0.625. The first-order valence-corrected chi connectivity index (χ1v) is 7.36. The summed E-state index contributed by atoms with van der Waals surface area (Å²) in [5, 5.41) is 3.47. The highest BCUT2D eigenvalue weighted by atomic mass is 19.1. The predicted molar refractivity (Wildman–Crippen MR) is 74.1 cm³/mol. The van der Waals surface area contributed by atoms with Crippen molar-refractivity contribution in [3.8, 4) is 0 Å². The van der Waals surface area contributed by atoms with Gasteiger partial charge in [0.25, 0.3) is 0 Å². The van der Waals surface area contributed by atoms with E-state index in [2.05, 4.69) is 12.2 Å². The molecule has 0 radical (unpaired) electrons. The molecule has 19 heavy (non-hydrogen) atoms. The maximum Gasteiger partial charge on any atom is 0.126 e. The minimum atomic E-state index is -0.353. The molecule has 1 nitrogen and oxygen atoms in total. The van der Waals surface area contributed by atoms with Crippen LogP contribution in [0.3, 0.4) is 0 Å². The van der Waals surface area contributed by atoms with Gasteiger partial charge >= 0.3 is 0 Å². The standard InChI is InChI=1S/C16H23F2N/c1-2-8-19-15(9-12-4-3-5-12)11-13-10-14(17)6-7-16(13)18/h6-7,10,12,15,19H,2-5,8-9,11H2,1H3. The minimum absolute atomic E-state index is 0.265. The van der Waals surface area contributed by atoms with E-state index in [1.165, 1.54) is 37.5 Å². The topological polar surface area (TPSA) is 12.0 Å². The summed E-state index contributed by atoms with van der Waals surface area (Å²) in [4.78, 5) is 0. The molecule has 106 valence electrons. The first-order chi connectivity index (χ1) is 9.19. The van der Waals surface area contributed by atoms with E-state index >= 15 is 0 Å². The molecule has 1 fully saturated rings. The third kappa shape index (κ3) is 4.27. The number of nitrogens with one attached hydrogen (secondary N) is 1. The fourth-order valence-electron chi connectivity index (χ4n) is 2.68. The highest BCUT2D eigenvalue weighted by Gasteiger charge is 2.22. The van der Waals surface area contributed by atoms with Gasteiger partial charge in [-0.05, 0) is 55.5 Å². The summed E-state index contributed by atoms with van der Waals surface area (Å²) >= 11 is 0. The molecule has 0 aromatic heterocycles. The van der Waals surface area contributed by atoms with Crippen LogP contribution in [0.4, 0.5) is 8.78 Å². The third-order valence-corrected chi connectivity index (χ3v) is 4.00. The van der Waals surface area contributed by atoms with Crippen molar-refractivity contribution >= 4 is 0 Å². The third-order valence-electron chi connectivity index (χ3n) is 4.00. The minimum Gasteiger partial charge on any atom is -0.314 e. The van der Waals surface area contributed by atoms with Crippen molar-refractivity contribution in [2.45, 2.75) is 51.5 Å². The average molecular weight is 267 g/mol. The molecule has 0 heterocycles. The average Bonchev–Trinajstić information content (AvgIpc) is 2.34. The van der Waals surface area contributed by atoms with Gasteiger partial charge in [-0.1, -0.05) is 26.2 Å². The van der Waals surface area contributed by atoms with E-state index in [1.54, 1.807) is 0 Å². The van der Waals surface area contributed by atoms with Crippen molar-refractivity contribution < 1.29 is 8.78 Å². The van der Waals surface area contributed by atoms with E-state index in [4.69, 9.17) is 0 Å². The lowest BCUT2D eigenvalue weighted by atomic mass is 9.80. The Morgan fingerprint density at radius 2 is 2.11 bits per heavy atom. The summed E-state index contributed by atoms with van der Waals surface area (Å²) in [6, 6.07) is 4.00. The lowest BCUT2D eigenvalue weighted by Gasteiger charge is -2.30. The maximum absolute atomic E-state index is 13.7. The SMILES string of the molecule is CCCNC(Cc1cc(F)ccc1F)CC1CCC1. The van der Waals surface area contributed by atoms with Gasteiger partial charge in [-0.15, -0.1) is 0 Å². The molecule has 1 atom stereocenters. The van der Waals surface area contributed by atoms with E-state index in [-0.39, 0.29) is 17.7 Å². The van der Waals surface area contributed by atoms with Gasteiger partial charge in [0.05, 0.1) is 0 Å². The summed E-state index contributed by atoms with van der Waals surface area (Å²) in [5.41, 5.74) is 0.493. The van der Waals surface area contributed by atoms with Gasteiger partial charge in [-0.25, -0.2) is 8.78 Å². The van der Waals surface area contributed by atoms with E-state index < -0.39 is 0 Å². The Balaban J connectivity index is 1.98. The first-order valence-electron chi connectivity index (χ1n) is 7.36. The summed E-state index contributed by atoms with van der Waals surface area (Å²) < 4.78 is 26.9.